The summed E-state index contributed by atoms with van der Waals surface area (Å²) >= 11 is 0. The van der Waals surface area contributed by atoms with E-state index < -0.39 is 0 Å². The summed E-state index contributed by atoms with van der Waals surface area (Å²) in [5.41, 5.74) is 2.02. The molecule has 4 heteroatoms. The summed E-state index contributed by atoms with van der Waals surface area (Å²) in [6.45, 7) is 4.29. The third-order valence-corrected chi connectivity index (χ3v) is 4.99. The zero-order chi connectivity index (χ0) is 16.1. The summed E-state index contributed by atoms with van der Waals surface area (Å²) in [4.78, 5) is 8.83. The van der Waals surface area contributed by atoms with Crippen molar-refractivity contribution in [1.29, 1.82) is 0 Å². The van der Waals surface area contributed by atoms with Gasteiger partial charge in [-0.05, 0) is 50.2 Å². The van der Waals surface area contributed by atoms with Crippen LogP contribution >= 0.6 is 0 Å². The molecule has 0 spiro atoms. The quantitative estimate of drug-likeness (QED) is 0.679. The van der Waals surface area contributed by atoms with E-state index in [1.165, 1.54) is 51.4 Å². The number of pyridine rings is 1. The number of rotatable bonds is 6. The number of aromatic nitrogens is 3. The Morgan fingerprint density at radius 3 is 2.70 bits per heavy atom. The molecule has 1 aliphatic rings. The summed E-state index contributed by atoms with van der Waals surface area (Å²) in [6.07, 6.45) is 14.1. The lowest BCUT2D eigenvalue weighted by Crippen LogP contribution is -2.14. The van der Waals surface area contributed by atoms with E-state index in [4.69, 9.17) is 4.52 Å². The monoisotopic (exact) mass is 313 g/mol. The molecule has 0 aromatic carbocycles. The zero-order valence-electron chi connectivity index (χ0n) is 14.3. The Morgan fingerprint density at radius 1 is 1.13 bits per heavy atom. The van der Waals surface area contributed by atoms with Crippen molar-refractivity contribution in [3.05, 3.63) is 29.8 Å². The van der Waals surface area contributed by atoms with Gasteiger partial charge in [0.05, 0.1) is 5.56 Å². The minimum atomic E-state index is 0.465. The molecule has 0 amide bonds. The average molecular weight is 313 g/mol. The predicted molar refractivity (Wildman–Crippen MR) is 91.1 cm³/mol. The van der Waals surface area contributed by atoms with Crippen molar-refractivity contribution in [2.45, 2.75) is 71.1 Å². The second-order valence-electron chi connectivity index (χ2n) is 6.92. The first kappa shape index (κ1) is 16.2. The second kappa shape index (κ2) is 7.71. The van der Waals surface area contributed by atoms with E-state index in [0.29, 0.717) is 11.8 Å². The molecular formula is C19H27N3O. The van der Waals surface area contributed by atoms with E-state index in [2.05, 4.69) is 22.0 Å². The van der Waals surface area contributed by atoms with Crippen LogP contribution in [0.4, 0.5) is 0 Å². The first-order chi connectivity index (χ1) is 11.3. The molecule has 2 heterocycles. The standard InChI is InChI=1S/C19H27N3O/c1-3-4-5-6-15-7-9-16(10-8-15)18-21-19(23-22-18)17-11-14(2)12-20-13-17/h11-13,15-16H,3-10H2,1-2H3. The minimum Gasteiger partial charge on any atom is -0.334 e. The van der Waals surface area contributed by atoms with Crippen molar-refractivity contribution >= 4 is 0 Å². The first-order valence-corrected chi connectivity index (χ1v) is 9.02. The van der Waals surface area contributed by atoms with Crippen molar-refractivity contribution in [2.75, 3.05) is 0 Å². The third kappa shape index (κ3) is 4.18. The lowest BCUT2D eigenvalue weighted by atomic mass is 9.79. The number of hydrogen-bond donors (Lipinski definition) is 0. The number of unbranched alkanes of at least 4 members (excludes halogenated alkanes) is 2. The molecule has 0 radical (unpaired) electrons. The maximum Gasteiger partial charge on any atom is 0.259 e. The lowest BCUT2D eigenvalue weighted by Gasteiger charge is -2.26. The van der Waals surface area contributed by atoms with Crippen LogP contribution in [-0.4, -0.2) is 15.1 Å². The highest BCUT2D eigenvalue weighted by Crippen LogP contribution is 2.37. The van der Waals surface area contributed by atoms with E-state index in [0.717, 1.165) is 22.9 Å². The fourth-order valence-electron chi connectivity index (χ4n) is 3.58. The van der Waals surface area contributed by atoms with Crippen molar-refractivity contribution in [3.8, 4) is 11.5 Å². The van der Waals surface area contributed by atoms with Crippen LogP contribution in [0.3, 0.4) is 0 Å². The van der Waals surface area contributed by atoms with Gasteiger partial charge in [0.1, 0.15) is 0 Å². The van der Waals surface area contributed by atoms with Gasteiger partial charge in [-0.1, -0.05) is 37.8 Å². The molecule has 0 N–H and O–H groups in total. The Labute approximate surface area is 138 Å². The molecule has 0 bridgehead atoms. The predicted octanol–water partition coefficient (Wildman–Crippen LogP) is 5.29. The lowest BCUT2D eigenvalue weighted by molar-refractivity contribution is 0.292. The fourth-order valence-corrected chi connectivity index (χ4v) is 3.58. The molecule has 3 rings (SSSR count). The molecule has 23 heavy (non-hydrogen) atoms. The summed E-state index contributed by atoms with van der Waals surface area (Å²) < 4.78 is 5.46. The van der Waals surface area contributed by atoms with E-state index in [1.807, 2.05) is 19.2 Å². The van der Waals surface area contributed by atoms with Crippen LogP contribution < -0.4 is 0 Å². The number of hydrogen-bond acceptors (Lipinski definition) is 4. The Morgan fingerprint density at radius 2 is 1.96 bits per heavy atom. The highest BCUT2D eigenvalue weighted by molar-refractivity contribution is 5.51. The molecule has 0 saturated heterocycles. The minimum absolute atomic E-state index is 0.465. The summed E-state index contributed by atoms with van der Waals surface area (Å²) in [7, 11) is 0. The first-order valence-electron chi connectivity index (χ1n) is 9.02. The summed E-state index contributed by atoms with van der Waals surface area (Å²) in [5.74, 6) is 2.85. The summed E-state index contributed by atoms with van der Waals surface area (Å²) in [6, 6.07) is 2.04. The van der Waals surface area contributed by atoms with Gasteiger partial charge in [-0.3, -0.25) is 4.98 Å². The van der Waals surface area contributed by atoms with E-state index >= 15 is 0 Å². The second-order valence-corrected chi connectivity index (χ2v) is 6.92. The smallest absolute Gasteiger partial charge is 0.259 e. The van der Waals surface area contributed by atoms with Crippen LogP contribution in [0, 0.1) is 12.8 Å². The molecule has 4 nitrogen and oxygen atoms in total. The van der Waals surface area contributed by atoms with Crippen LogP contribution in [0.5, 0.6) is 0 Å². The van der Waals surface area contributed by atoms with Crippen LogP contribution in [0.15, 0.2) is 23.0 Å². The fraction of sp³-hybridized carbons (Fsp3) is 0.632. The van der Waals surface area contributed by atoms with Crippen molar-refractivity contribution in [1.82, 2.24) is 15.1 Å². The van der Waals surface area contributed by atoms with Gasteiger partial charge in [-0.15, -0.1) is 0 Å². The molecule has 2 aromatic heterocycles. The summed E-state index contributed by atoms with van der Waals surface area (Å²) in [5, 5.41) is 4.23. The molecule has 0 aliphatic heterocycles. The van der Waals surface area contributed by atoms with Crippen LogP contribution in [0.1, 0.15) is 75.6 Å². The average Bonchev–Trinajstić information content (AvgIpc) is 3.06. The topological polar surface area (TPSA) is 51.8 Å². The van der Waals surface area contributed by atoms with E-state index in [-0.39, 0.29) is 0 Å². The van der Waals surface area contributed by atoms with Gasteiger partial charge in [-0.25, -0.2) is 0 Å². The van der Waals surface area contributed by atoms with E-state index in [9.17, 15) is 0 Å². The van der Waals surface area contributed by atoms with Crippen LogP contribution in [-0.2, 0) is 0 Å². The highest BCUT2D eigenvalue weighted by Gasteiger charge is 2.25. The van der Waals surface area contributed by atoms with Crippen LogP contribution in [0.2, 0.25) is 0 Å². The molecule has 1 fully saturated rings. The van der Waals surface area contributed by atoms with Crippen molar-refractivity contribution < 1.29 is 4.52 Å². The third-order valence-electron chi connectivity index (χ3n) is 4.99. The Kier molecular flexibility index (Phi) is 5.42. The van der Waals surface area contributed by atoms with Crippen molar-refractivity contribution in [2.24, 2.45) is 5.92 Å². The van der Waals surface area contributed by atoms with Crippen LogP contribution in [0.25, 0.3) is 11.5 Å². The van der Waals surface area contributed by atoms with Gasteiger partial charge < -0.3 is 4.52 Å². The normalized spacial score (nSPS) is 21.5. The Balaban J connectivity index is 1.57. The molecule has 1 saturated carbocycles. The molecule has 1 aliphatic carbocycles. The number of aryl methyl sites for hydroxylation is 1. The van der Waals surface area contributed by atoms with Crippen molar-refractivity contribution in [3.63, 3.8) is 0 Å². The number of nitrogens with zero attached hydrogens (tertiary/aromatic N) is 3. The largest absolute Gasteiger partial charge is 0.334 e. The maximum atomic E-state index is 5.46. The van der Waals surface area contributed by atoms with Gasteiger partial charge in [0.2, 0.25) is 0 Å². The van der Waals surface area contributed by atoms with Gasteiger partial charge in [-0.2, -0.15) is 4.98 Å². The van der Waals surface area contributed by atoms with Gasteiger partial charge >= 0.3 is 0 Å². The maximum absolute atomic E-state index is 5.46. The van der Waals surface area contributed by atoms with Gasteiger partial charge in [0, 0.05) is 18.3 Å². The van der Waals surface area contributed by atoms with E-state index in [1.54, 1.807) is 6.20 Å². The molecule has 2 aromatic rings. The van der Waals surface area contributed by atoms with Gasteiger partial charge in [0.15, 0.2) is 5.82 Å². The molecular weight excluding hydrogens is 286 g/mol. The Hall–Kier alpha value is -1.71. The Bertz CT molecular complexity index is 615. The zero-order valence-corrected chi connectivity index (χ0v) is 14.3. The molecule has 124 valence electrons. The van der Waals surface area contributed by atoms with Gasteiger partial charge in [0.25, 0.3) is 5.89 Å². The highest BCUT2D eigenvalue weighted by atomic mass is 16.5. The SMILES string of the molecule is CCCCCC1CCC(c2noc(-c3cncc(C)c3)n2)CC1. The molecule has 0 atom stereocenters. The molecule has 0 unspecified atom stereocenters.